The number of aromatic carboxylic acids is 1. The summed E-state index contributed by atoms with van der Waals surface area (Å²) in [5.74, 6) is -0.484. The third-order valence-electron chi connectivity index (χ3n) is 3.04. The van der Waals surface area contributed by atoms with Gasteiger partial charge in [-0.25, -0.2) is 4.79 Å². The Morgan fingerprint density at radius 3 is 2.68 bits per heavy atom. The molecule has 1 aromatic carbocycles. The molecule has 0 aliphatic rings. The fraction of sp³-hybridized carbons (Fsp3) is 0.250. The number of thiophene rings is 1. The maximum absolute atomic E-state index is 11.8. The fourth-order valence-electron chi connectivity index (χ4n) is 1.90. The Bertz CT molecular complexity index is 666. The Kier molecular flexibility index (Phi) is 5.55. The minimum Gasteiger partial charge on any atom is -0.483 e. The first kappa shape index (κ1) is 16.0. The lowest BCUT2D eigenvalue weighted by molar-refractivity contribution is -0.123. The molecule has 1 heterocycles. The van der Waals surface area contributed by atoms with Crippen LogP contribution in [0.3, 0.4) is 0 Å². The van der Waals surface area contributed by atoms with Gasteiger partial charge in [0.1, 0.15) is 10.6 Å². The van der Waals surface area contributed by atoms with Gasteiger partial charge in [0.15, 0.2) is 6.61 Å². The highest BCUT2D eigenvalue weighted by molar-refractivity contribution is 7.13. The Hall–Kier alpha value is -2.34. The lowest BCUT2D eigenvalue weighted by Gasteiger charge is -2.10. The molecule has 1 amide bonds. The molecule has 116 valence electrons. The lowest BCUT2D eigenvalue weighted by atomic mass is 10.1. The van der Waals surface area contributed by atoms with Gasteiger partial charge in [-0.05, 0) is 30.2 Å². The Morgan fingerprint density at radius 1 is 1.23 bits per heavy atom. The second-order valence-electron chi connectivity index (χ2n) is 4.60. The van der Waals surface area contributed by atoms with Crippen molar-refractivity contribution >= 4 is 23.2 Å². The van der Waals surface area contributed by atoms with Crippen LogP contribution in [0.5, 0.6) is 5.75 Å². The zero-order valence-electron chi connectivity index (χ0n) is 12.2. The van der Waals surface area contributed by atoms with Gasteiger partial charge in [-0.1, -0.05) is 25.1 Å². The topological polar surface area (TPSA) is 75.6 Å². The summed E-state index contributed by atoms with van der Waals surface area (Å²) in [7, 11) is 0. The second kappa shape index (κ2) is 7.61. The first-order chi connectivity index (χ1) is 10.6. The number of para-hydroxylation sites is 1. The van der Waals surface area contributed by atoms with E-state index in [1.165, 1.54) is 6.07 Å². The van der Waals surface area contributed by atoms with Crippen LogP contribution in [0, 0.1) is 0 Å². The molecule has 5 nitrogen and oxygen atoms in total. The van der Waals surface area contributed by atoms with Crippen molar-refractivity contribution in [2.24, 2.45) is 0 Å². The van der Waals surface area contributed by atoms with Crippen LogP contribution in [0.2, 0.25) is 0 Å². The smallest absolute Gasteiger partial charge is 0.345 e. The number of hydrogen-bond acceptors (Lipinski definition) is 4. The maximum atomic E-state index is 11.8. The van der Waals surface area contributed by atoms with E-state index < -0.39 is 5.97 Å². The van der Waals surface area contributed by atoms with E-state index in [1.54, 1.807) is 6.07 Å². The third-order valence-corrected chi connectivity index (χ3v) is 4.12. The quantitative estimate of drug-likeness (QED) is 0.823. The predicted octanol–water partition coefficient (Wildman–Crippen LogP) is 2.70. The molecule has 0 bridgehead atoms. The minimum absolute atomic E-state index is 0.0613. The predicted molar refractivity (Wildman–Crippen MR) is 84.4 cm³/mol. The Labute approximate surface area is 132 Å². The Morgan fingerprint density at radius 2 is 2.00 bits per heavy atom. The molecule has 0 radical (unpaired) electrons. The van der Waals surface area contributed by atoms with Crippen LogP contribution in [0.1, 0.15) is 27.0 Å². The third kappa shape index (κ3) is 4.33. The van der Waals surface area contributed by atoms with E-state index in [2.05, 4.69) is 5.32 Å². The molecule has 2 rings (SSSR count). The molecule has 0 saturated heterocycles. The van der Waals surface area contributed by atoms with E-state index in [4.69, 9.17) is 9.84 Å². The van der Waals surface area contributed by atoms with E-state index in [0.29, 0.717) is 12.3 Å². The van der Waals surface area contributed by atoms with Gasteiger partial charge < -0.3 is 15.2 Å². The van der Waals surface area contributed by atoms with Crippen LogP contribution >= 0.6 is 11.3 Å². The number of rotatable bonds is 7. The summed E-state index contributed by atoms with van der Waals surface area (Å²) in [5.41, 5.74) is 1.06. The molecular weight excluding hydrogens is 302 g/mol. The summed E-state index contributed by atoms with van der Waals surface area (Å²) in [5, 5.41) is 11.6. The van der Waals surface area contributed by atoms with Crippen LogP contribution in [0.4, 0.5) is 0 Å². The van der Waals surface area contributed by atoms with Crippen LogP contribution < -0.4 is 10.1 Å². The normalized spacial score (nSPS) is 10.2. The van der Waals surface area contributed by atoms with Crippen molar-refractivity contribution in [1.29, 1.82) is 0 Å². The summed E-state index contributed by atoms with van der Waals surface area (Å²) in [4.78, 5) is 23.6. The molecule has 0 unspecified atom stereocenters. The number of amides is 1. The molecule has 1 aromatic heterocycles. The first-order valence-corrected chi connectivity index (χ1v) is 7.71. The molecule has 0 saturated carbocycles. The summed E-state index contributed by atoms with van der Waals surface area (Å²) in [6, 6.07) is 10.8. The highest BCUT2D eigenvalue weighted by Gasteiger charge is 2.09. The van der Waals surface area contributed by atoms with Gasteiger partial charge in [-0.3, -0.25) is 4.79 Å². The average Bonchev–Trinajstić information content (AvgIpc) is 3.00. The summed E-state index contributed by atoms with van der Waals surface area (Å²) >= 11 is 1.15. The van der Waals surface area contributed by atoms with Crippen molar-refractivity contribution in [1.82, 2.24) is 5.32 Å². The standard InChI is InChI=1S/C16H17NO4S/c1-2-11-5-3-4-6-13(11)21-10-15(18)17-9-12-7-8-14(22-12)16(19)20/h3-8H,2,9-10H2,1H3,(H,17,18)(H,19,20). The lowest BCUT2D eigenvalue weighted by Crippen LogP contribution is -2.28. The summed E-state index contributed by atoms with van der Waals surface area (Å²) in [6.07, 6.45) is 0.838. The maximum Gasteiger partial charge on any atom is 0.345 e. The van der Waals surface area contributed by atoms with Crippen molar-refractivity contribution in [3.05, 3.63) is 51.7 Å². The summed E-state index contributed by atoms with van der Waals surface area (Å²) in [6.45, 7) is 2.27. The zero-order chi connectivity index (χ0) is 15.9. The molecule has 22 heavy (non-hydrogen) atoms. The van der Waals surface area contributed by atoms with Crippen molar-refractivity contribution in [3.8, 4) is 5.75 Å². The fourth-order valence-corrected chi connectivity index (χ4v) is 2.69. The molecule has 0 fully saturated rings. The second-order valence-corrected chi connectivity index (χ2v) is 5.77. The zero-order valence-corrected chi connectivity index (χ0v) is 13.0. The van der Waals surface area contributed by atoms with E-state index >= 15 is 0 Å². The van der Waals surface area contributed by atoms with Gasteiger partial charge in [0.2, 0.25) is 0 Å². The van der Waals surface area contributed by atoms with Crippen molar-refractivity contribution in [2.45, 2.75) is 19.9 Å². The van der Waals surface area contributed by atoms with Gasteiger partial charge in [-0.2, -0.15) is 0 Å². The number of carbonyl (C=O) groups is 2. The minimum atomic E-state index is -0.956. The molecule has 0 atom stereocenters. The molecule has 0 aliphatic heterocycles. The number of carboxylic acid groups (broad SMARTS) is 1. The molecule has 0 aliphatic carbocycles. The number of aryl methyl sites for hydroxylation is 1. The van der Waals surface area contributed by atoms with Crippen LogP contribution in [0.15, 0.2) is 36.4 Å². The number of carboxylic acids is 1. The van der Waals surface area contributed by atoms with Crippen molar-refractivity contribution in [2.75, 3.05) is 6.61 Å². The number of hydrogen-bond donors (Lipinski definition) is 2. The number of nitrogens with one attached hydrogen (secondary N) is 1. The van der Waals surface area contributed by atoms with E-state index in [9.17, 15) is 9.59 Å². The first-order valence-electron chi connectivity index (χ1n) is 6.89. The highest BCUT2D eigenvalue weighted by Crippen LogP contribution is 2.18. The Balaban J connectivity index is 1.81. The monoisotopic (exact) mass is 319 g/mol. The number of ether oxygens (including phenoxy) is 1. The van der Waals surface area contributed by atoms with E-state index in [1.807, 2.05) is 31.2 Å². The molecule has 2 aromatic rings. The molecule has 6 heteroatoms. The highest BCUT2D eigenvalue weighted by atomic mass is 32.1. The van der Waals surface area contributed by atoms with Crippen molar-refractivity contribution < 1.29 is 19.4 Å². The van der Waals surface area contributed by atoms with Gasteiger partial charge in [0.05, 0.1) is 6.54 Å². The van der Waals surface area contributed by atoms with Crippen LogP contribution in [-0.4, -0.2) is 23.6 Å². The molecular formula is C16H17NO4S. The number of carbonyl (C=O) groups excluding carboxylic acids is 1. The van der Waals surface area contributed by atoms with Gasteiger partial charge in [0.25, 0.3) is 5.91 Å². The molecule has 0 spiro atoms. The summed E-state index contributed by atoms with van der Waals surface area (Å²) < 4.78 is 5.52. The largest absolute Gasteiger partial charge is 0.483 e. The van der Waals surface area contributed by atoms with Crippen LogP contribution in [0.25, 0.3) is 0 Å². The van der Waals surface area contributed by atoms with Crippen LogP contribution in [-0.2, 0) is 17.8 Å². The average molecular weight is 319 g/mol. The SMILES string of the molecule is CCc1ccccc1OCC(=O)NCc1ccc(C(=O)O)s1. The van der Waals surface area contributed by atoms with Gasteiger partial charge >= 0.3 is 5.97 Å². The number of benzene rings is 1. The molecule has 2 N–H and O–H groups in total. The van der Waals surface area contributed by atoms with Gasteiger partial charge in [0, 0.05) is 4.88 Å². The van der Waals surface area contributed by atoms with Gasteiger partial charge in [-0.15, -0.1) is 11.3 Å². The van der Waals surface area contributed by atoms with Crippen molar-refractivity contribution in [3.63, 3.8) is 0 Å². The van der Waals surface area contributed by atoms with E-state index in [-0.39, 0.29) is 17.4 Å². The van der Waals surface area contributed by atoms with E-state index in [0.717, 1.165) is 28.2 Å².